The normalized spacial score (nSPS) is 19.2. The van der Waals surface area contributed by atoms with Crippen LogP contribution >= 0.6 is 0 Å². The number of amides is 1. The number of nitrogens with zero attached hydrogens (tertiary/aromatic N) is 2. The number of aryl methyl sites for hydroxylation is 1. The van der Waals surface area contributed by atoms with Crippen LogP contribution < -0.4 is 14.5 Å². The summed E-state index contributed by atoms with van der Waals surface area (Å²) in [5, 5.41) is 21.5. The number of phenolic OH excluding ortho intramolecular Hbond substituents is 1. The van der Waals surface area contributed by atoms with Crippen molar-refractivity contribution in [2.45, 2.75) is 25.8 Å². The van der Waals surface area contributed by atoms with Crippen LogP contribution in [0.2, 0.25) is 0 Å². The number of carbonyl (C=O) groups excluding carboxylic acids is 2. The second kappa shape index (κ2) is 9.41. The van der Waals surface area contributed by atoms with Gasteiger partial charge in [-0.25, -0.2) is 0 Å². The molecule has 7 heteroatoms. The molecule has 0 aromatic heterocycles. The van der Waals surface area contributed by atoms with Crippen LogP contribution in [0.4, 0.5) is 11.4 Å². The molecule has 2 N–H and O–H groups in total. The number of aliphatic hydroxyl groups is 1. The van der Waals surface area contributed by atoms with Gasteiger partial charge in [-0.1, -0.05) is 12.1 Å². The summed E-state index contributed by atoms with van der Waals surface area (Å²) in [4.78, 5) is 30.4. The number of ether oxygens (including phenoxy) is 1. The molecule has 2 aliphatic heterocycles. The maximum absolute atomic E-state index is 13.4. The third kappa shape index (κ3) is 4.06. The predicted octanol–water partition coefficient (Wildman–Crippen LogP) is 4.94. The largest absolute Gasteiger partial charge is 0.508 e. The van der Waals surface area contributed by atoms with E-state index in [9.17, 15) is 19.8 Å². The highest BCUT2D eigenvalue weighted by Crippen LogP contribution is 2.43. The van der Waals surface area contributed by atoms with E-state index in [1.54, 1.807) is 37.4 Å². The molecule has 0 aliphatic carbocycles. The molecule has 7 nitrogen and oxygen atoms in total. The van der Waals surface area contributed by atoms with Crippen LogP contribution in [0.5, 0.6) is 11.5 Å². The highest BCUT2D eigenvalue weighted by atomic mass is 16.5. The van der Waals surface area contributed by atoms with Crippen LogP contribution in [0.1, 0.15) is 35.6 Å². The molecule has 184 valence electrons. The smallest absolute Gasteiger partial charge is 0.300 e. The Hall–Kier alpha value is -4.26. The van der Waals surface area contributed by atoms with Crippen LogP contribution in [0.15, 0.2) is 72.3 Å². The van der Waals surface area contributed by atoms with Crippen molar-refractivity contribution in [1.29, 1.82) is 0 Å². The van der Waals surface area contributed by atoms with Crippen LogP contribution in [0, 0.1) is 6.92 Å². The molecule has 1 atom stereocenters. The number of hydrogen-bond donors (Lipinski definition) is 2. The predicted molar refractivity (Wildman–Crippen MR) is 139 cm³/mol. The zero-order valence-electron chi connectivity index (χ0n) is 20.3. The second-order valence-corrected chi connectivity index (χ2v) is 9.16. The maximum atomic E-state index is 13.4. The van der Waals surface area contributed by atoms with E-state index in [1.165, 1.54) is 17.0 Å². The van der Waals surface area contributed by atoms with E-state index in [2.05, 4.69) is 4.90 Å². The van der Waals surface area contributed by atoms with Gasteiger partial charge in [-0.05, 0) is 85.5 Å². The Kier molecular flexibility index (Phi) is 6.14. The molecule has 5 rings (SSSR count). The average Bonchev–Trinajstić information content (AvgIpc) is 3.51. The van der Waals surface area contributed by atoms with Gasteiger partial charge in [-0.2, -0.15) is 0 Å². The van der Waals surface area contributed by atoms with E-state index in [0.717, 1.165) is 37.2 Å². The number of rotatable bonds is 5. The number of benzene rings is 3. The first-order chi connectivity index (χ1) is 17.4. The molecule has 2 heterocycles. The van der Waals surface area contributed by atoms with Crippen molar-refractivity contribution in [3.05, 3.63) is 89.0 Å². The summed E-state index contributed by atoms with van der Waals surface area (Å²) < 4.78 is 5.31. The highest BCUT2D eigenvalue weighted by molar-refractivity contribution is 6.51. The van der Waals surface area contributed by atoms with Gasteiger partial charge in [-0.15, -0.1) is 0 Å². The van der Waals surface area contributed by atoms with Gasteiger partial charge in [0.1, 0.15) is 17.3 Å². The molecule has 0 saturated carbocycles. The molecule has 2 saturated heterocycles. The van der Waals surface area contributed by atoms with Crippen LogP contribution in [0.3, 0.4) is 0 Å². The molecule has 1 unspecified atom stereocenters. The topological polar surface area (TPSA) is 90.3 Å². The molecule has 2 aliphatic rings. The van der Waals surface area contributed by atoms with Gasteiger partial charge >= 0.3 is 0 Å². The molecule has 0 bridgehead atoms. The summed E-state index contributed by atoms with van der Waals surface area (Å²) in [7, 11) is 1.56. The van der Waals surface area contributed by atoms with E-state index in [1.807, 2.05) is 31.2 Å². The van der Waals surface area contributed by atoms with Crippen molar-refractivity contribution < 1.29 is 24.5 Å². The molecule has 0 spiro atoms. The number of carbonyl (C=O) groups is 2. The monoisotopic (exact) mass is 484 g/mol. The maximum Gasteiger partial charge on any atom is 0.300 e. The van der Waals surface area contributed by atoms with E-state index >= 15 is 0 Å². The number of ketones is 1. The average molecular weight is 485 g/mol. The molecular weight excluding hydrogens is 456 g/mol. The number of hydrogen-bond acceptors (Lipinski definition) is 6. The Morgan fingerprint density at radius 2 is 1.64 bits per heavy atom. The Morgan fingerprint density at radius 1 is 0.944 bits per heavy atom. The van der Waals surface area contributed by atoms with Crippen molar-refractivity contribution in [3.8, 4) is 11.5 Å². The summed E-state index contributed by atoms with van der Waals surface area (Å²) in [5.74, 6) is -1.14. The Balaban J connectivity index is 1.63. The van der Waals surface area contributed by atoms with Crippen LogP contribution in [0.25, 0.3) is 5.76 Å². The van der Waals surface area contributed by atoms with Crippen molar-refractivity contribution in [3.63, 3.8) is 0 Å². The number of aromatic hydroxyl groups is 1. The highest BCUT2D eigenvalue weighted by Gasteiger charge is 2.47. The summed E-state index contributed by atoms with van der Waals surface area (Å²) in [6, 6.07) is 18.1. The van der Waals surface area contributed by atoms with Gasteiger partial charge in [-0.3, -0.25) is 14.5 Å². The fourth-order valence-corrected chi connectivity index (χ4v) is 5.09. The summed E-state index contributed by atoms with van der Waals surface area (Å²) in [6.45, 7) is 3.83. The Bertz CT molecular complexity index is 1360. The minimum absolute atomic E-state index is 0.00256. The Labute approximate surface area is 209 Å². The lowest BCUT2D eigenvalue weighted by Crippen LogP contribution is -2.29. The number of anilines is 2. The third-order valence-corrected chi connectivity index (χ3v) is 6.90. The van der Waals surface area contributed by atoms with E-state index in [0.29, 0.717) is 22.6 Å². The van der Waals surface area contributed by atoms with Gasteiger partial charge in [0.15, 0.2) is 0 Å². The molecule has 2 fully saturated rings. The summed E-state index contributed by atoms with van der Waals surface area (Å²) in [6.07, 6.45) is 2.30. The van der Waals surface area contributed by atoms with Gasteiger partial charge in [0.2, 0.25) is 0 Å². The SMILES string of the molecule is COc1ccc(/C(O)=C2/C(=O)C(=O)N(c3ccc(N4CCCC4)cc3)C2c2cccc(O)c2)cc1C. The lowest BCUT2D eigenvalue weighted by atomic mass is 9.94. The molecule has 0 radical (unpaired) electrons. The zero-order valence-corrected chi connectivity index (χ0v) is 20.3. The van der Waals surface area contributed by atoms with Gasteiger partial charge in [0, 0.05) is 30.0 Å². The molecule has 3 aromatic carbocycles. The number of aliphatic hydroxyl groups excluding tert-OH is 1. The van der Waals surface area contributed by atoms with E-state index in [-0.39, 0.29) is 17.1 Å². The van der Waals surface area contributed by atoms with Crippen molar-refractivity contribution in [2.24, 2.45) is 0 Å². The summed E-state index contributed by atoms with van der Waals surface area (Å²) in [5.41, 5.74) is 3.28. The number of methoxy groups -OCH3 is 1. The van der Waals surface area contributed by atoms with Crippen molar-refractivity contribution in [2.75, 3.05) is 30.0 Å². The van der Waals surface area contributed by atoms with Gasteiger partial charge in [0.05, 0.1) is 18.7 Å². The van der Waals surface area contributed by atoms with Crippen LogP contribution in [-0.4, -0.2) is 42.1 Å². The fourth-order valence-electron chi connectivity index (χ4n) is 5.09. The van der Waals surface area contributed by atoms with Crippen molar-refractivity contribution >= 4 is 28.8 Å². The van der Waals surface area contributed by atoms with Crippen molar-refractivity contribution in [1.82, 2.24) is 0 Å². The van der Waals surface area contributed by atoms with Crippen LogP contribution in [-0.2, 0) is 9.59 Å². The number of phenols is 1. The van der Waals surface area contributed by atoms with E-state index < -0.39 is 17.7 Å². The first-order valence-corrected chi connectivity index (χ1v) is 12.0. The molecular formula is C29H28N2O5. The lowest BCUT2D eigenvalue weighted by molar-refractivity contribution is -0.132. The number of Topliss-reactive ketones (excluding diaryl/α,β-unsaturated/α-hetero) is 1. The zero-order chi connectivity index (χ0) is 25.4. The Morgan fingerprint density at radius 3 is 2.28 bits per heavy atom. The third-order valence-electron chi connectivity index (χ3n) is 6.90. The molecule has 3 aromatic rings. The molecule has 36 heavy (non-hydrogen) atoms. The first kappa shape index (κ1) is 23.5. The minimum atomic E-state index is -0.905. The summed E-state index contributed by atoms with van der Waals surface area (Å²) >= 11 is 0. The quantitative estimate of drug-likeness (QED) is 0.303. The van der Waals surface area contributed by atoms with Gasteiger partial charge < -0.3 is 19.8 Å². The minimum Gasteiger partial charge on any atom is -0.508 e. The first-order valence-electron chi connectivity index (χ1n) is 12.0. The standard InChI is InChI=1S/C29H28N2O5/c1-18-16-20(8-13-24(18)36-2)27(33)25-26(19-6-5-7-23(32)17-19)31(29(35)28(25)34)22-11-9-21(10-12-22)30-14-3-4-15-30/h5-13,16-17,26,32-33H,3-4,14-15H2,1-2H3/b27-25-. The van der Waals surface area contributed by atoms with Gasteiger partial charge in [0.25, 0.3) is 11.7 Å². The van der Waals surface area contributed by atoms with E-state index in [4.69, 9.17) is 4.74 Å². The second-order valence-electron chi connectivity index (χ2n) is 9.16. The fraction of sp³-hybridized carbons (Fsp3) is 0.241. The lowest BCUT2D eigenvalue weighted by Gasteiger charge is -2.26. The molecule has 1 amide bonds.